The van der Waals surface area contributed by atoms with E-state index < -0.39 is 11.9 Å². The SMILES string of the molecule is Cn1cc(CN2CCCC3(CC(=O)c4cc(C=CC(=O)NOC5CCCCO5)ccc4O3)C2)c2ccccc21. The van der Waals surface area contributed by atoms with Gasteiger partial charge in [0, 0.05) is 56.3 Å². The Morgan fingerprint density at radius 3 is 2.97 bits per heavy atom. The molecule has 0 bridgehead atoms. The van der Waals surface area contributed by atoms with E-state index >= 15 is 0 Å². The maximum Gasteiger partial charge on any atom is 0.267 e. The van der Waals surface area contributed by atoms with Gasteiger partial charge in [-0.25, -0.2) is 10.3 Å². The van der Waals surface area contributed by atoms with Crippen LogP contribution in [0.1, 0.15) is 60.0 Å². The first kappa shape index (κ1) is 25.8. The Balaban J connectivity index is 1.11. The number of ether oxygens (including phenoxy) is 2. The first-order valence-corrected chi connectivity index (χ1v) is 13.8. The predicted molar refractivity (Wildman–Crippen MR) is 148 cm³/mol. The van der Waals surface area contributed by atoms with Crippen LogP contribution in [0.25, 0.3) is 17.0 Å². The fraction of sp³-hybridized carbons (Fsp3) is 0.419. The Labute approximate surface area is 228 Å². The molecule has 3 aliphatic heterocycles. The third kappa shape index (κ3) is 5.64. The molecule has 0 aliphatic carbocycles. The standard InChI is InChI=1S/C31H35N3O5/c1-33-19-23(24-7-2-3-8-26(24)33)20-34-15-6-14-31(21-34)18-27(35)25-17-22(10-12-28(25)38-31)11-13-29(36)32-39-30-9-4-5-16-37-30/h2-3,7-8,10-13,17,19,30H,4-6,9,14-16,18,20-21H2,1H3,(H,32,36). The topological polar surface area (TPSA) is 82.0 Å². The minimum atomic E-state index is -0.511. The summed E-state index contributed by atoms with van der Waals surface area (Å²) in [4.78, 5) is 33.2. The lowest BCUT2D eigenvalue weighted by Crippen LogP contribution is -2.54. The highest BCUT2D eigenvalue weighted by atomic mass is 16.8. The Hall–Kier alpha value is -3.46. The van der Waals surface area contributed by atoms with E-state index in [1.165, 1.54) is 22.5 Å². The summed E-state index contributed by atoms with van der Waals surface area (Å²) < 4.78 is 14.2. The van der Waals surface area contributed by atoms with Crippen molar-refractivity contribution < 1.29 is 23.9 Å². The number of likely N-dealkylation sites (tertiary alicyclic amines) is 1. The molecule has 2 aromatic carbocycles. The Morgan fingerprint density at radius 1 is 1.21 bits per heavy atom. The van der Waals surface area contributed by atoms with Crippen LogP contribution in [0, 0.1) is 0 Å². The quantitative estimate of drug-likeness (QED) is 0.366. The van der Waals surface area contributed by atoms with Crippen LogP contribution in [-0.4, -0.2) is 52.7 Å². The number of hydrogen-bond donors (Lipinski definition) is 1. The van der Waals surface area contributed by atoms with E-state index in [1.54, 1.807) is 12.1 Å². The molecule has 1 amide bonds. The van der Waals surface area contributed by atoms with Gasteiger partial charge in [-0.1, -0.05) is 24.3 Å². The number of piperidine rings is 1. The van der Waals surface area contributed by atoms with Crippen LogP contribution in [0.2, 0.25) is 0 Å². The van der Waals surface area contributed by atoms with Crippen LogP contribution in [-0.2, 0) is 28.0 Å². The lowest BCUT2D eigenvalue weighted by atomic mass is 9.83. The molecule has 8 heteroatoms. The summed E-state index contributed by atoms with van der Waals surface area (Å²) in [5.74, 6) is 0.329. The van der Waals surface area contributed by atoms with Crippen molar-refractivity contribution >= 4 is 28.7 Å². The van der Waals surface area contributed by atoms with Gasteiger partial charge < -0.3 is 14.0 Å². The molecule has 2 saturated heterocycles. The molecule has 2 atom stereocenters. The largest absolute Gasteiger partial charge is 0.485 e. The first-order valence-electron chi connectivity index (χ1n) is 13.8. The molecule has 0 radical (unpaired) electrons. The second-order valence-electron chi connectivity index (χ2n) is 11.0. The Morgan fingerprint density at radius 2 is 2.10 bits per heavy atom. The number of amides is 1. The van der Waals surface area contributed by atoms with Gasteiger partial charge in [-0.15, -0.1) is 0 Å². The fourth-order valence-electron chi connectivity index (χ4n) is 6.09. The van der Waals surface area contributed by atoms with Gasteiger partial charge in [0.1, 0.15) is 11.4 Å². The molecule has 3 aromatic rings. The van der Waals surface area contributed by atoms with Gasteiger partial charge >= 0.3 is 0 Å². The highest BCUT2D eigenvalue weighted by Gasteiger charge is 2.43. The third-order valence-corrected chi connectivity index (χ3v) is 7.96. The molecule has 1 aromatic heterocycles. The summed E-state index contributed by atoms with van der Waals surface area (Å²) in [5.41, 5.74) is 5.76. The van der Waals surface area contributed by atoms with Crippen LogP contribution >= 0.6 is 0 Å². The van der Waals surface area contributed by atoms with Crippen molar-refractivity contribution in [2.45, 2.75) is 57.0 Å². The van der Waals surface area contributed by atoms with E-state index in [-0.39, 0.29) is 11.7 Å². The summed E-state index contributed by atoms with van der Waals surface area (Å²) in [6.45, 7) is 3.17. The molecule has 0 saturated carbocycles. The van der Waals surface area contributed by atoms with Gasteiger partial charge in [0.15, 0.2) is 12.1 Å². The molecule has 39 heavy (non-hydrogen) atoms. The number of Topliss-reactive ketones (excluding diaryl/α,β-unsaturated/α-hetero) is 1. The van der Waals surface area contributed by atoms with Crippen molar-refractivity contribution in [2.24, 2.45) is 7.05 Å². The number of hydrogen-bond acceptors (Lipinski definition) is 6. The molecular weight excluding hydrogens is 494 g/mol. The van der Waals surface area contributed by atoms with E-state index in [0.717, 1.165) is 50.8 Å². The smallest absolute Gasteiger partial charge is 0.267 e. The van der Waals surface area contributed by atoms with E-state index in [9.17, 15) is 9.59 Å². The Bertz CT molecular complexity index is 1410. The predicted octanol–water partition coefficient (Wildman–Crippen LogP) is 4.77. The monoisotopic (exact) mass is 529 g/mol. The van der Waals surface area contributed by atoms with Gasteiger partial charge in [0.25, 0.3) is 5.91 Å². The second kappa shape index (κ2) is 11.0. The van der Waals surface area contributed by atoms with E-state index in [4.69, 9.17) is 14.3 Å². The molecule has 2 fully saturated rings. The zero-order valence-electron chi connectivity index (χ0n) is 22.4. The molecule has 4 heterocycles. The number of fused-ring (bicyclic) bond motifs is 2. The minimum Gasteiger partial charge on any atom is -0.485 e. The summed E-state index contributed by atoms with van der Waals surface area (Å²) in [6.07, 6.45) is 9.87. The van der Waals surface area contributed by atoms with Crippen LogP contribution in [0.5, 0.6) is 5.75 Å². The zero-order chi connectivity index (χ0) is 26.8. The maximum absolute atomic E-state index is 13.3. The van der Waals surface area contributed by atoms with Crippen LogP contribution in [0.4, 0.5) is 0 Å². The summed E-state index contributed by atoms with van der Waals surface area (Å²) >= 11 is 0. The molecule has 3 aliphatic rings. The number of benzene rings is 2. The number of para-hydroxylation sites is 1. The van der Waals surface area contributed by atoms with E-state index in [1.807, 2.05) is 12.1 Å². The molecule has 6 rings (SSSR count). The van der Waals surface area contributed by atoms with Crippen LogP contribution < -0.4 is 10.2 Å². The molecule has 2 unspecified atom stereocenters. The van der Waals surface area contributed by atoms with Gasteiger partial charge in [0.05, 0.1) is 12.0 Å². The number of carbonyl (C=O) groups excluding carboxylic acids is 2. The summed E-state index contributed by atoms with van der Waals surface area (Å²) in [5, 5.41) is 1.27. The lowest BCUT2D eigenvalue weighted by molar-refractivity contribution is -0.198. The third-order valence-electron chi connectivity index (χ3n) is 7.96. The first-order chi connectivity index (χ1) is 19.0. The van der Waals surface area contributed by atoms with E-state index in [2.05, 4.69) is 52.5 Å². The number of carbonyl (C=O) groups is 2. The number of nitrogens with one attached hydrogen (secondary N) is 1. The molecule has 8 nitrogen and oxygen atoms in total. The van der Waals surface area contributed by atoms with Crippen LogP contribution in [0.15, 0.2) is 54.7 Å². The highest BCUT2D eigenvalue weighted by molar-refractivity contribution is 6.01. The molecule has 1 N–H and O–H groups in total. The minimum absolute atomic E-state index is 0.0840. The number of aromatic nitrogens is 1. The van der Waals surface area contributed by atoms with Crippen molar-refractivity contribution in [3.05, 3.63) is 71.4 Å². The normalized spacial score (nSPS) is 23.7. The van der Waals surface area contributed by atoms with Gasteiger partial charge in [0.2, 0.25) is 0 Å². The average molecular weight is 530 g/mol. The van der Waals surface area contributed by atoms with Gasteiger partial charge in [-0.05, 0) is 67.6 Å². The van der Waals surface area contributed by atoms with Gasteiger partial charge in [-0.3, -0.25) is 14.5 Å². The van der Waals surface area contributed by atoms with Crippen molar-refractivity contribution in [1.29, 1.82) is 0 Å². The van der Waals surface area contributed by atoms with Crippen molar-refractivity contribution in [3.8, 4) is 5.75 Å². The zero-order valence-corrected chi connectivity index (χ0v) is 22.4. The number of hydroxylamine groups is 1. The number of aryl methyl sites for hydroxylation is 1. The maximum atomic E-state index is 13.3. The average Bonchev–Trinajstić information content (AvgIpc) is 3.26. The second-order valence-corrected chi connectivity index (χ2v) is 11.0. The van der Waals surface area contributed by atoms with Crippen molar-refractivity contribution in [2.75, 3.05) is 19.7 Å². The van der Waals surface area contributed by atoms with Crippen molar-refractivity contribution in [3.63, 3.8) is 0 Å². The van der Waals surface area contributed by atoms with Gasteiger partial charge in [-0.2, -0.15) is 0 Å². The fourth-order valence-corrected chi connectivity index (χ4v) is 6.09. The highest BCUT2D eigenvalue weighted by Crippen LogP contribution is 2.39. The molecular formula is C31H35N3O5. The van der Waals surface area contributed by atoms with Crippen molar-refractivity contribution in [1.82, 2.24) is 14.9 Å². The summed E-state index contributed by atoms with van der Waals surface area (Å²) in [6, 6.07) is 14.0. The van der Waals surface area contributed by atoms with E-state index in [0.29, 0.717) is 30.9 Å². The molecule has 204 valence electrons. The number of rotatable bonds is 6. The Kier molecular flexibility index (Phi) is 7.25. The number of nitrogens with zero attached hydrogens (tertiary/aromatic N) is 2. The summed E-state index contributed by atoms with van der Waals surface area (Å²) in [7, 11) is 2.08. The number of ketones is 1. The molecule has 1 spiro atoms. The van der Waals surface area contributed by atoms with Crippen LogP contribution in [0.3, 0.4) is 0 Å². The lowest BCUT2D eigenvalue weighted by Gasteiger charge is -2.45.